The Morgan fingerprint density at radius 1 is 1.00 bits per heavy atom. The van der Waals surface area contributed by atoms with E-state index in [1.807, 2.05) is 6.07 Å². The number of nitrogens with zero attached hydrogens (tertiary/aromatic N) is 5. The van der Waals surface area contributed by atoms with Crippen LogP contribution >= 0.6 is 0 Å². The average Bonchev–Trinajstić information content (AvgIpc) is 2.73. The highest BCUT2D eigenvalue weighted by Crippen LogP contribution is 2.48. The number of nitriles is 2. The molecule has 7 nitrogen and oxygen atoms in total. The van der Waals surface area contributed by atoms with Crippen molar-refractivity contribution in [2.45, 2.75) is 68.2 Å². The Bertz CT molecular complexity index is 1040. The van der Waals surface area contributed by atoms with Crippen LogP contribution < -0.4 is 16.0 Å². The van der Waals surface area contributed by atoms with Crippen LogP contribution in [0.25, 0.3) is 0 Å². The molecule has 3 fully saturated rings. The first-order chi connectivity index (χ1) is 15.6. The number of rotatable bonds is 5. The first-order valence-electron chi connectivity index (χ1n) is 11.7. The number of piperidine rings is 1. The number of nitrogens with one attached hydrogen (secondary N) is 1. The lowest BCUT2D eigenvalue weighted by atomic mass is 9.62. The Hall–Kier alpha value is -3.16. The van der Waals surface area contributed by atoms with Crippen molar-refractivity contribution in [3.63, 3.8) is 0 Å². The zero-order chi connectivity index (χ0) is 22.2. The first kappa shape index (κ1) is 20.7. The zero-order valence-corrected chi connectivity index (χ0v) is 18.3. The van der Waals surface area contributed by atoms with Gasteiger partial charge in [0.05, 0.1) is 23.0 Å². The Morgan fingerprint density at radius 2 is 1.66 bits per heavy atom. The summed E-state index contributed by atoms with van der Waals surface area (Å²) in [7, 11) is 0. The fourth-order valence-corrected chi connectivity index (χ4v) is 5.15. The summed E-state index contributed by atoms with van der Waals surface area (Å²) in [4.78, 5) is 11.3. The molecule has 0 radical (unpaired) electrons. The molecule has 1 saturated heterocycles. The minimum Gasteiger partial charge on any atom is -0.340 e. The van der Waals surface area contributed by atoms with Gasteiger partial charge in [-0.15, -0.1) is 0 Å². The second-order valence-electron chi connectivity index (χ2n) is 9.61. The van der Waals surface area contributed by atoms with Gasteiger partial charge >= 0.3 is 0 Å². The molecule has 2 aromatic rings. The largest absolute Gasteiger partial charge is 0.340 e. The van der Waals surface area contributed by atoms with Crippen molar-refractivity contribution in [2.75, 3.05) is 23.3 Å². The summed E-state index contributed by atoms with van der Waals surface area (Å²) < 4.78 is 0. The Labute approximate surface area is 189 Å². The van der Waals surface area contributed by atoms with Crippen molar-refractivity contribution in [3.05, 3.63) is 41.6 Å². The highest BCUT2D eigenvalue weighted by atomic mass is 15.3. The smallest absolute Gasteiger partial charge is 0.227 e. The van der Waals surface area contributed by atoms with Crippen LogP contribution in [0.4, 0.5) is 17.5 Å². The summed E-state index contributed by atoms with van der Waals surface area (Å²) in [5.41, 5.74) is 8.17. The summed E-state index contributed by atoms with van der Waals surface area (Å²) in [5, 5.41) is 23.3. The number of hydrogen-bond donors (Lipinski definition) is 2. The minimum atomic E-state index is -0.437. The summed E-state index contributed by atoms with van der Waals surface area (Å²) in [6.45, 7) is 1.67. The van der Waals surface area contributed by atoms with E-state index in [1.54, 1.807) is 6.20 Å². The van der Waals surface area contributed by atoms with Gasteiger partial charge in [0.15, 0.2) is 0 Å². The van der Waals surface area contributed by atoms with Gasteiger partial charge in [0.25, 0.3) is 0 Å². The van der Waals surface area contributed by atoms with E-state index in [0.717, 1.165) is 81.3 Å². The van der Waals surface area contributed by atoms with Crippen molar-refractivity contribution < 1.29 is 0 Å². The third-order valence-corrected chi connectivity index (χ3v) is 7.54. The average molecular weight is 428 g/mol. The normalized spacial score (nSPS) is 23.2. The molecule has 0 amide bonds. The van der Waals surface area contributed by atoms with Crippen LogP contribution in [-0.2, 0) is 10.8 Å². The SMILES string of the molecule is N#CC1(c2cc(Nc3ccnc(N4CCC[C@H](N)C4)n3)cc(C3(C#N)CCC3)c2)CCC1. The van der Waals surface area contributed by atoms with E-state index in [-0.39, 0.29) is 6.04 Å². The fourth-order valence-electron chi connectivity index (χ4n) is 5.15. The molecule has 1 aromatic heterocycles. The predicted octanol–water partition coefficient (Wildman–Crippen LogP) is 4.04. The molecule has 0 unspecified atom stereocenters. The van der Waals surface area contributed by atoms with Gasteiger partial charge in [-0.2, -0.15) is 15.5 Å². The summed E-state index contributed by atoms with van der Waals surface area (Å²) in [6.07, 6.45) is 9.47. The van der Waals surface area contributed by atoms with Gasteiger partial charge in [0, 0.05) is 31.0 Å². The number of anilines is 3. The predicted molar refractivity (Wildman–Crippen MR) is 123 cm³/mol. The van der Waals surface area contributed by atoms with Gasteiger partial charge in [-0.1, -0.05) is 6.07 Å². The maximum atomic E-state index is 9.92. The topological polar surface area (TPSA) is 115 Å². The van der Waals surface area contributed by atoms with Crippen molar-refractivity contribution in [1.29, 1.82) is 10.5 Å². The Balaban J connectivity index is 1.48. The maximum absolute atomic E-state index is 9.92. The maximum Gasteiger partial charge on any atom is 0.227 e. The van der Waals surface area contributed by atoms with Crippen LogP contribution in [0, 0.1) is 22.7 Å². The van der Waals surface area contributed by atoms with Gasteiger partial charge in [0.2, 0.25) is 5.95 Å². The Morgan fingerprint density at radius 3 is 2.19 bits per heavy atom. The summed E-state index contributed by atoms with van der Waals surface area (Å²) in [5.74, 6) is 1.39. The van der Waals surface area contributed by atoms with E-state index in [1.165, 1.54) is 0 Å². The highest BCUT2D eigenvalue weighted by Gasteiger charge is 2.43. The van der Waals surface area contributed by atoms with Gasteiger partial charge < -0.3 is 16.0 Å². The molecule has 3 N–H and O–H groups in total. The number of hydrogen-bond acceptors (Lipinski definition) is 7. The highest BCUT2D eigenvalue weighted by molar-refractivity contribution is 5.62. The van der Waals surface area contributed by atoms with Crippen LogP contribution in [0.15, 0.2) is 30.5 Å². The first-order valence-corrected chi connectivity index (χ1v) is 11.7. The van der Waals surface area contributed by atoms with E-state index in [9.17, 15) is 10.5 Å². The van der Waals surface area contributed by atoms with Crippen LogP contribution in [0.1, 0.15) is 62.5 Å². The molecular weight excluding hydrogens is 398 g/mol. The molecule has 32 heavy (non-hydrogen) atoms. The summed E-state index contributed by atoms with van der Waals surface area (Å²) >= 11 is 0. The molecule has 1 aromatic carbocycles. The third kappa shape index (κ3) is 3.57. The molecule has 3 aliphatic rings. The molecule has 0 spiro atoms. The standard InChI is InChI=1S/C25H29N7/c26-16-24(6-2-7-24)18-12-19(25(17-27)8-3-9-25)14-21(13-18)30-22-5-10-29-23(31-22)32-11-1-4-20(28)15-32/h5,10,12-14,20H,1-4,6-9,11,15,28H2,(H,29,30,31)/t20-/m0/s1. The Kier molecular flexibility index (Phi) is 5.23. The molecular formula is C25H29N7. The van der Waals surface area contributed by atoms with E-state index >= 15 is 0 Å². The van der Waals surface area contributed by atoms with E-state index in [4.69, 9.17) is 10.7 Å². The van der Waals surface area contributed by atoms with Crippen molar-refractivity contribution in [2.24, 2.45) is 5.73 Å². The lowest BCUT2D eigenvalue weighted by Gasteiger charge is -2.39. The van der Waals surface area contributed by atoms with Crippen molar-refractivity contribution in [3.8, 4) is 12.1 Å². The monoisotopic (exact) mass is 427 g/mol. The molecule has 1 aliphatic heterocycles. The molecule has 5 rings (SSSR count). The van der Waals surface area contributed by atoms with Crippen LogP contribution in [0.5, 0.6) is 0 Å². The number of benzene rings is 1. The molecule has 2 heterocycles. The quantitative estimate of drug-likeness (QED) is 0.740. The second kappa shape index (κ2) is 8.07. The van der Waals surface area contributed by atoms with Gasteiger partial charge in [-0.25, -0.2) is 4.98 Å². The van der Waals surface area contributed by atoms with Gasteiger partial charge in [-0.3, -0.25) is 0 Å². The lowest BCUT2D eigenvalue weighted by molar-refractivity contribution is 0.314. The van der Waals surface area contributed by atoms with Crippen LogP contribution in [0.2, 0.25) is 0 Å². The second-order valence-corrected chi connectivity index (χ2v) is 9.61. The molecule has 2 saturated carbocycles. The van der Waals surface area contributed by atoms with Gasteiger partial charge in [-0.05, 0) is 80.7 Å². The van der Waals surface area contributed by atoms with E-state index in [2.05, 4.69) is 45.5 Å². The van der Waals surface area contributed by atoms with Crippen LogP contribution in [0.3, 0.4) is 0 Å². The third-order valence-electron chi connectivity index (χ3n) is 7.54. The molecule has 0 bridgehead atoms. The molecule has 2 aliphatic carbocycles. The van der Waals surface area contributed by atoms with E-state index < -0.39 is 10.8 Å². The number of aromatic nitrogens is 2. The summed E-state index contributed by atoms with van der Waals surface area (Å²) in [6, 6.07) is 13.4. The van der Waals surface area contributed by atoms with E-state index in [0.29, 0.717) is 11.8 Å². The molecule has 7 heteroatoms. The lowest BCUT2D eigenvalue weighted by Crippen LogP contribution is -2.43. The van der Waals surface area contributed by atoms with Crippen molar-refractivity contribution >= 4 is 17.5 Å². The molecule has 1 atom stereocenters. The number of nitrogens with two attached hydrogens (primary N) is 1. The fraction of sp³-hybridized carbons (Fsp3) is 0.520. The molecule has 164 valence electrons. The van der Waals surface area contributed by atoms with Gasteiger partial charge in [0.1, 0.15) is 5.82 Å². The van der Waals surface area contributed by atoms with Crippen molar-refractivity contribution in [1.82, 2.24) is 9.97 Å². The van der Waals surface area contributed by atoms with Crippen LogP contribution in [-0.4, -0.2) is 29.1 Å². The zero-order valence-electron chi connectivity index (χ0n) is 18.3. The minimum absolute atomic E-state index is 0.150.